The number of ether oxygens (including phenoxy) is 1. The number of fused-ring (bicyclic) bond motifs is 1. The topological polar surface area (TPSA) is 125 Å². The molecular weight excluding hydrogens is 557 g/mol. The number of aromatic nitrogens is 4. The van der Waals surface area contributed by atoms with Crippen molar-refractivity contribution < 1.29 is 18.7 Å². The maximum Gasteiger partial charge on any atom is 0.353 e. The molecular formula is C30H56N5O4PS. The Morgan fingerprint density at radius 1 is 0.878 bits per heavy atom. The number of hydrogen-bond donors (Lipinski definition) is 2. The average Bonchev–Trinajstić information content (AvgIpc) is 3.36. The Morgan fingerprint density at radius 3 is 2.05 bits per heavy atom. The summed E-state index contributed by atoms with van der Waals surface area (Å²) in [6.45, 7) is 4.79. The minimum Gasteiger partial charge on any atom is -0.382 e. The molecule has 0 aliphatic rings. The molecule has 0 fully saturated rings. The van der Waals surface area contributed by atoms with Crippen molar-refractivity contribution in [1.29, 1.82) is 0 Å². The predicted octanol–water partition coefficient (Wildman–Crippen LogP) is 8.36. The van der Waals surface area contributed by atoms with Gasteiger partial charge in [0.05, 0.1) is 25.6 Å². The zero-order valence-corrected chi connectivity index (χ0v) is 27.4. The van der Waals surface area contributed by atoms with Crippen LogP contribution in [0.15, 0.2) is 12.7 Å². The van der Waals surface area contributed by atoms with Crippen molar-refractivity contribution in [2.45, 2.75) is 136 Å². The van der Waals surface area contributed by atoms with Gasteiger partial charge in [-0.05, 0) is 31.3 Å². The van der Waals surface area contributed by atoms with Crippen LogP contribution in [-0.4, -0.2) is 55.0 Å². The van der Waals surface area contributed by atoms with Gasteiger partial charge >= 0.3 is 7.60 Å². The van der Waals surface area contributed by atoms with E-state index in [1.54, 1.807) is 10.9 Å². The fourth-order valence-corrected chi connectivity index (χ4v) is 6.71. The molecule has 0 bridgehead atoms. The van der Waals surface area contributed by atoms with Gasteiger partial charge in [0.2, 0.25) is 0 Å². The SMILES string of the molecule is CCCCCCCCCCCCCCCCCCSCCCOP(=O)(O)CO[C@H](C)Cn1cnc2c(N)ncnc21. The van der Waals surface area contributed by atoms with Crippen LogP contribution in [-0.2, 0) is 20.4 Å². The van der Waals surface area contributed by atoms with Crippen molar-refractivity contribution >= 4 is 36.3 Å². The Morgan fingerprint density at radius 2 is 1.44 bits per heavy atom. The van der Waals surface area contributed by atoms with E-state index in [4.69, 9.17) is 15.0 Å². The number of hydrogen-bond acceptors (Lipinski definition) is 8. The highest BCUT2D eigenvalue weighted by molar-refractivity contribution is 7.99. The molecule has 0 radical (unpaired) electrons. The molecule has 0 aliphatic carbocycles. The molecule has 0 saturated carbocycles. The Balaban J connectivity index is 1.35. The fourth-order valence-electron chi connectivity index (χ4n) is 4.84. The molecule has 2 heterocycles. The molecule has 2 atom stereocenters. The third-order valence-electron chi connectivity index (χ3n) is 7.27. The quantitative estimate of drug-likeness (QED) is 0.0755. The van der Waals surface area contributed by atoms with Gasteiger partial charge in [-0.25, -0.2) is 15.0 Å². The lowest BCUT2D eigenvalue weighted by Gasteiger charge is -2.17. The van der Waals surface area contributed by atoms with Crippen LogP contribution in [0.5, 0.6) is 0 Å². The fraction of sp³-hybridized carbons (Fsp3) is 0.833. The molecule has 0 aromatic carbocycles. The number of nitrogen functional groups attached to an aromatic ring is 1. The van der Waals surface area contributed by atoms with Gasteiger partial charge in [0.25, 0.3) is 0 Å². The molecule has 2 rings (SSSR count). The maximum atomic E-state index is 12.3. The minimum absolute atomic E-state index is 0.264. The molecule has 2 aromatic rings. The van der Waals surface area contributed by atoms with Gasteiger partial charge in [-0.15, -0.1) is 0 Å². The summed E-state index contributed by atoms with van der Waals surface area (Å²) in [6, 6.07) is 0. The molecule has 3 N–H and O–H groups in total. The van der Waals surface area contributed by atoms with E-state index >= 15 is 0 Å². The normalized spacial score (nSPS) is 14.0. The van der Waals surface area contributed by atoms with Crippen LogP contribution < -0.4 is 5.73 Å². The zero-order valence-electron chi connectivity index (χ0n) is 25.7. The average molecular weight is 614 g/mol. The number of unbranched alkanes of at least 4 members (excludes halogenated alkanes) is 15. The van der Waals surface area contributed by atoms with Gasteiger partial charge in [0.1, 0.15) is 18.2 Å². The lowest BCUT2D eigenvalue weighted by Crippen LogP contribution is -2.17. The smallest absolute Gasteiger partial charge is 0.353 e. The second-order valence-electron chi connectivity index (χ2n) is 11.2. The Hall–Kier alpha value is -1.19. The molecule has 0 amide bonds. The third kappa shape index (κ3) is 16.9. The van der Waals surface area contributed by atoms with Gasteiger partial charge in [0.15, 0.2) is 11.5 Å². The summed E-state index contributed by atoms with van der Waals surface area (Å²) >= 11 is 1.90. The second-order valence-corrected chi connectivity index (χ2v) is 14.2. The lowest BCUT2D eigenvalue weighted by atomic mass is 10.0. The van der Waals surface area contributed by atoms with Gasteiger partial charge < -0.3 is 24.5 Å². The molecule has 0 aliphatic heterocycles. The first-order chi connectivity index (χ1) is 19.9. The van der Waals surface area contributed by atoms with E-state index in [1.807, 2.05) is 18.7 Å². The van der Waals surface area contributed by atoms with E-state index in [0.717, 1.165) is 17.9 Å². The summed E-state index contributed by atoms with van der Waals surface area (Å²) in [7, 11) is -3.79. The van der Waals surface area contributed by atoms with Crippen LogP contribution in [0.4, 0.5) is 5.82 Å². The van der Waals surface area contributed by atoms with Crippen molar-refractivity contribution in [3.8, 4) is 0 Å². The first-order valence-electron chi connectivity index (χ1n) is 16.0. The molecule has 1 unspecified atom stereocenters. The molecule has 9 nitrogen and oxygen atoms in total. The Kier molecular flexibility index (Phi) is 19.6. The molecule has 11 heteroatoms. The van der Waals surface area contributed by atoms with Crippen molar-refractivity contribution in [2.24, 2.45) is 0 Å². The third-order valence-corrected chi connectivity index (χ3v) is 9.49. The van der Waals surface area contributed by atoms with Crippen LogP contribution >= 0.6 is 19.4 Å². The highest BCUT2D eigenvalue weighted by Gasteiger charge is 2.21. The van der Waals surface area contributed by atoms with Gasteiger partial charge in [-0.3, -0.25) is 4.57 Å². The summed E-state index contributed by atoms with van der Waals surface area (Å²) in [6.07, 6.45) is 25.3. The van der Waals surface area contributed by atoms with Crippen molar-refractivity contribution in [3.05, 3.63) is 12.7 Å². The summed E-state index contributed by atoms with van der Waals surface area (Å²) in [5, 5.41) is 0. The van der Waals surface area contributed by atoms with E-state index < -0.39 is 7.60 Å². The largest absolute Gasteiger partial charge is 0.382 e. The first-order valence-corrected chi connectivity index (χ1v) is 18.9. The highest BCUT2D eigenvalue weighted by Crippen LogP contribution is 2.42. The zero-order chi connectivity index (χ0) is 29.6. The van der Waals surface area contributed by atoms with E-state index in [-0.39, 0.29) is 19.1 Å². The molecule has 0 spiro atoms. The van der Waals surface area contributed by atoms with Gasteiger partial charge in [0, 0.05) is 0 Å². The molecule has 0 saturated heterocycles. The Bertz CT molecular complexity index is 980. The molecule has 41 heavy (non-hydrogen) atoms. The first kappa shape index (κ1) is 36.0. The number of nitrogens with zero attached hydrogens (tertiary/aromatic N) is 4. The number of thioether (sulfide) groups is 1. The Labute approximate surface area is 252 Å². The van der Waals surface area contributed by atoms with Crippen LogP contribution in [0.3, 0.4) is 0 Å². The summed E-state index contributed by atoms with van der Waals surface area (Å²) in [5.41, 5.74) is 6.95. The van der Waals surface area contributed by atoms with Crippen molar-refractivity contribution in [3.63, 3.8) is 0 Å². The molecule has 236 valence electrons. The number of imidazole rings is 1. The maximum absolute atomic E-state index is 12.3. The minimum atomic E-state index is -3.79. The number of rotatable bonds is 27. The highest BCUT2D eigenvalue weighted by atomic mass is 32.2. The van der Waals surface area contributed by atoms with E-state index in [2.05, 4.69) is 21.9 Å². The summed E-state index contributed by atoms with van der Waals surface area (Å²) in [4.78, 5) is 22.5. The van der Waals surface area contributed by atoms with Crippen LogP contribution in [0.25, 0.3) is 11.2 Å². The van der Waals surface area contributed by atoms with E-state index in [0.29, 0.717) is 23.5 Å². The predicted molar refractivity (Wildman–Crippen MR) is 172 cm³/mol. The van der Waals surface area contributed by atoms with Crippen LogP contribution in [0.1, 0.15) is 123 Å². The van der Waals surface area contributed by atoms with Gasteiger partial charge in [-0.1, -0.05) is 103 Å². The van der Waals surface area contributed by atoms with Crippen LogP contribution in [0.2, 0.25) is 0 Å². The van der Waals surface area contributed by atoms with Crippen LogP contribution in [0, 0.1) is 0 Å². The molecule has 2 aromatic heterocycles. The standard InChI is InChI=1S/C30H56N5O4PS/c1-3-4-5-6-7-8-9-10-11-12-13-14-15-16-17-18-21-41-22-19-20-39-40(36,37)26-38-27(2)23-35-25-34-28-29(31)32-24-33-30(28)35/h24-25,27H,3-23,26H2,1-2H3,(H,36,37)(H2,31,32,33)/t27-/m1/s1. The second kappa shape index (κ2) is 22.4. The number of anilines is 1. The van der Waals surface area contributed by atoms with Gasteiger partial charge in [-0.2, -0.15) is 11.8 Å². The summed E-state index contributed by atoms with van der Waals surface area (Å²) < 4.78 is 25.0. The summed E-state index contributed by atoms with van der Waals surface area (Å²) in [5.74, 6) is 2.41. The van der Waals surface area contributed by atoms with Crippen molar-refractivity contribution in [1.82, 2.24) is 19.5 Å². The monoisotopic (exact) mass is 613 g/mol. The number of nitrogens with two attached hydrogens (primary N) is 1. The van der Waals surface area contributed by atoms with E-state index in [9.17, 15) is 9.46 Å². The van der Waals surface area contributed by atoms with Crippen molar-refractivity contribution in [2.75, 3.05) is 30.2 Å². The lowest BCUT2D eigenvalue weighted by molar-refractivity contribution is 0.0718. The van der Waals surface area contributed by atoms with E-state index in [1.165, 1.54) is 109 Å².